The van der Waals surface area contributed by atoms with Crippen molar-refractivity contribution in [1.82, 2.24) is 5.32 Å². The van der Waals surface area contributed by atoms with Gasteiger partial charge in [-0.3, -0.25) is 14.9 Å². The lowest BCUT2D eigenvalue weighted by atomic mass is 10.1. The fourth-order valence-corrected chi connectivity index (χ4v) is 3.42. The number of benzene rings is 2. The number of carbonyl (C=O) groups is 2. The van der Waals surface area contributed by atoms with Crippen LogP contribution in [0.1, 0.15) is 25.6 Å². The smallest absolute Gasteiger partial charge is 0.265 e. The van der Waals surface area contributed by atoms with Crippen LogP contribution in [0.3, 0.4) is 0 Å². The van der Waals surface area contributed by atoms with Gasteiger partial charge >= 0.3 is 0 Å². The van der Waals surface area contributed by atoms with Gasteiger partial charge in [0.2, 0.25) is 0 Å². The standard InChI is InChI=1S/C21H19N3O3S2/c1-13-5-3-6-14(11-13)19(25)24-21(28)22-15-8-9-16(17(12-15)27-2)23-20(26)18-7-4-10-29-18/h3-12H,1-2H3,(H,23,26)(H2,22,24,25,28). The van der Waals surface area contributed by atoms with Gasteiger partial charge in [-0.05, 0) is 54.9 Å². The van der Waals surface area contributed by atoms with Crippen LogP contribution in [0.4, 0.5) is 11.4 Å². The van der Waals surface area contributed by atoms with Crippen molar-refractivity contribution in [2.24, 2.45) is 0 Å². The summed E-state index contributed by atoms with van der Waals surface area (Å²) in [5, 5.41) is 10.4. The molecule has 0 aliphatic rings. The number of nitrogens with one attached hydrogen (secondary N) is 3. The first-order valence-corrected chi connectivity index (χ1v) is 9.97. The van der Waals surface area contributed by atoms with Crippen molar-refractivity contribution in [3.63, 3.8) is 0 Å². The predicted octanol–water partition coefficient (Wildman–Crippen LogP) is 4.44. The molecule has 0 spiro atoms. The zero-order chi connectivity index (χ0) is 20.8. The number of anilines is 2. The average molecular weight is 426 g/mol. The molecule has 0 saturated carbocycles. The number of methoxy groups -OCH3 is 1. The largest absolute Gasteiger partial charge is 0.494 e. The van der Waals surface area contributed by atoms with Crippen LogP contribution in [0.15, 0.2) is 60.0 Å². The minimum absolute atomic E-state index is 0.161. The molecule has 0 saturated heterocycles. The van der Waals surface area contributed by atoms with Gasteiger partial charge in [0.15, 0.2) is 5.11 Å². The van der Waals surface area contributed by atoms with E-state index in [2.05, 4.69) is 16.0 Å². The van der Waals surface area contributed by atoms with E-state index in [1.165, 1.54) is 18.4 Å². The Bertz CT molecular complexity index is 1050. The van der Waals surface area contributed by atoms with Crippen molar-refractivity contribution in [3.05, 3.63) is 76.0 Å². The van der Waals surface area contributed by atoms with Crippen LogP contribution in [0, 0.1) is 6.92 Å². The lowest BCUT2D eigenvalue weighted by Crippen LogP contribution is -2.34. The second-order valence-corrected chi connectivity index (χ2v) is 7.48. The van der Waals surface area contributed by atoms with Gasteiger partial charge in [-0.2, -0.15) is 0 Å². The Morgan fingerprint density at radius 3 is 2.52 bits per heavy atom. The van der Waals surface area contributed by atoms with Gasteiger partial charge in [-0.1, -0.05) is 23.8 Å². The quantitative estimate of drug-likeness (QED) is 0.527. The number of thiocarbonyl (C=S) groups is 1. The molecule has 0 atom stereocenters. The first-order valence-electron chi connectivity index (χ1n) is 8.68. The zero-order valence-electron chi connectivity index (χ0n) is 15.8. The summed E-state index contributed by atoms with van der Waals surface area (Å²) in [5.74, 6) is -0.0364. The van der Waals surface area contributed by atoms with Crippen LogP contribution in [0.5, 0.6) is 5.75 Å². The first-order chi connectivity index (χ1) is 14.0. The van der Waals surface area contributed by atoms with Gasteiger partial charge in [-0.25, -0.2) is 0 Å². The third-order valence-electron chi connectivity index (χ3n) is 3.96. The van der Waals surface area contributed by atoms with Gasteiger partial charge in [0.1, 0.15) is 5.75 Å². The van der Waals surface area contributed by atoms with Crippen LogP contribution in [-0.2, 0) is 0 Å². The minimum Gasteiger partial charge on any atom is -0.494 e. The topological polar surface area (TPSA) is 79.5 Å². The highest BCUT2D eigenvalue weighted by molar-refractivity contribution is 7.80. The van der Waals surface area contributed by atoms with Crippen molar-refractivity contribution >= 4 is 51.9 Å². The lowest BCUT2D eigenvalue weighted by molar-refractivity contribution is 0.0976. The molecular formula is C21H19N3O3S2. The lowest BCUT2D eigenvalue weighted by Gasteiger charge is -2.14. The minimum atomic E-state index is -0.294. The summed E-state index contributed by atoms with van der Waals surface area (Å²) in [4.78, 5) is 25.2. The van der Waals surface area contributed by atoms with Crippen molar-refractivity contribution < 1.29 is 14.3 Å². The van der Waals surface area contributed by atoms with Crippen molar-refractivity contribution in [1.29, 1.82) is 0 Å². The Labute approximate surface area is 177 Å². The van der Waals surface area contributed by atoms with Gasteiger partial charge in [0.05, 0.1) is 17.7 Å². The Morgan fingerprint density at radius 2 is 1.83 bits per heavy atom. The molecule has 0 aliphatic heterocycles. The molecule has 0 radical (unpaired) electrons. The number of ether oxygens (including phenoxy) is 1. The van der Waals surface area contributed by atoms with Gasteiger partial charge in [0, 0.05) is 17.3 Å². The molecule has 2 aromatic carbocycles. The maximum absolute atomic E-state index is 12.3. The molecular weight excluding hydrogens is 406 g/mol. The summed E-state index contributed by atoms with van der Waals surface area (Å²) in [7, 11) is 1.51. The number of amides is 2. The molecule has 0 aliphatic carbocycles. The van der Waals surface area contributed by atoms with Crippen LogP contribution >= 0.6 is 23.6 Å². The maximum Gasteiger partial charge on any atom is 0.265 e. The molecule has 2 amide bonds. The van der Waals surface area contributed by atoms with Gasteiger partial charge in [0.25, 0.3) is 11.8 Å². The number of aryl methyl sites for hydroxylation is 1. The van der Waals surface area contributed by atoms with E-state index in [-0.39, 0.29) is 16.9 Å². The predicted molar refractivity (Wildman–Crippen MR) is 120 cm³/mol. The van der Waals surface area contributed by atoms with E-state index in [1.807, 2.05) is 30.5 Å². The molecule has 8 heteroatoms. The van der Waals surface area contributed by atoms with Crippen LogP contribution in [0.25, 0.3) is 0 Å². The Hall–Kier alpha value is -3.23. The Balaban J connectivity index is 1.65. The number of rotatable bonds is 5. The number of carbonyl (C=O) groups excluding carboxylic acids is 2. The number of hydrogen-bond donors (Lipinski definition) is 3. The summed E-state index contributed by atoms with van der Waals surface area (Å²) in [5.41, 5.74) is 2.66. The maximum atomic E-state index is 12.3. The molecule has 3 N–H and O–H groups in total. The average Bonchev–Trinajstić information content (AvgIpc) is 3.24. The molecule has 3 aromatic rings. The van der Waals surface area contributed by atoms with E-state index in [4.69, 9.17) is 17.0 Å². The highest BCUT2D eigenvalue weighted by atomic mass is 32.1. The summed E-state index contributed by atoms with van der Waals surface area (Å²) < 4.78 is 5.37. The van der Waals surface area contributed by atoms with E-state index in [1.54, 1.807) is 36.4 Å². The molecule has 1 heterocycles. The van der Waals surface area contributed by atoms with Crippen molar-refractivity contribution in [3.8, 4) is 5.75 Å². The van der Waals surface area contributed by atoms with E-state index in [0.717, 1.165) is 5.56 Å². The fourth-order valence-electron chi connectivity index (χ4n) is 2.59. The van der Waals surface area contributed by atoms with Gasteiger partial charge < -0.3 is 15.4 Å². The molecule has 0 fully saturated rings. The molecule has 3 rings (SSSR count). The highest BCUT2D eigenvalue weighted by Gasteiger charge is 2.12. The van der Waals surface area contributed by atoms with Crippen molar-refractivity contribution in [2.75, 3.05) is 17.7 Å². The van der Waals surface area contributed by atoms with E-state index < -0.39 is 0 Å². The molecule has 0 unspecified atom stereocenters. The van der Waals surface area contributed by atoms with E-state index in [9.17, 15) is 9.59 Å². The monoisotopic (exact) mass is 425 g/mol. The highest BCUT2D eigenvalue weighted by Crippen LogP contribution is 2.28. The molecule has 148 valence electrons. The SMILES string of the molecule is COc1cc(NC(=S)NC(=O)c2cccc(C)c2)ccc1NC(=O)c1cccs1. The van der Waals surface area contributed by atoms with Gasteiger partial charge in [-0.15, -0.1) is 11.3 Å². The molecule has 29 heavy (non-hydrogen) atoms. The molecule has 0 bridgehead atoms. The summed E-state index contributed by atoms with van der Waals surface area (Å²) in [6.07, 6.45) is 0. The van der Waals surface area contributed by atoms with E-state index in [0.29, 0.717) is 27.6 Å². The molecule has 6 nitrogen and oxygen atoms in total. The van der Waals surface area contributed by atoms with Crippen LogP contribution in [0.2, 0.25) is 0 Å². The fraction of sp³-hybridized carbons (Fsp3) is 0.0952. The normalized spacial score (nSPS) is 10.1. The van der Waals surface area contributed by atoms with Crippen LogP contribution in [-0.4, -0.2) is 24.0 Å². The number of hydrogen-bond acceptors (Lipinski definition) is 5. The van der Waals surface area contributed by atoms with Crippen LogP contribution < -0.4 is 20.7 Å². The second kappa shape index (κ2) is 9.31. The third kappa shape index (κ3) is 5.40. The Kier molecular flexibility index (Phi) is 6.58. The Morgan fingerprint density at radius 1 is 1.00 bits per heavy atom. The molecule has 1 aromatic heterocycles. The zero-order valence-corrected chi connectivity index (χ0v) is 17.4. The first kappa shape index (κ1) is 20.5. The second-order valence-electron chi connectivity index (χ2n) is 6.12. The number of thiophene rings is 1. The summed E-state index contributed by atoms with van der Waals surface area (Å²) in [6, 6.07) is 15.9. The van der Waals surface area contributed by atoms with Crippen molar-refractivity contribution in [2.45, 2.75) is 6.92 Å². The third-order valence-corrected chi connectivity index (χ3v) is 5.03. The van der Waals surface area contributed by atoms with E-state index >= 15 is 0 Å². The summed E-state index contributed by atoms with van der Waals surface area (Å²) in [6.45, 7) is 1.92. The summed E-state index contributed by atoms with van der Waals surface area (Å²) >= 11 is 6.59.